The van der Waals surface area contributed by atoms with Crippen LogP contribution in [0, 0.1) is 0 Å². The maximum Gasteiger partial charge on any atom is 0.319 e. The Kier molecular flexibility index (Phi) is 11.7. The van der Waals surface area contributed by atoms with Crippen LogP contribution in [0.5, 0.6) is 0 Å². The summed E-state index contributed by atoms with van der Waals surface area (Å²) in [5.41, 5.74) is 1.85. The number of nitrogens with zero attached hydrogens (tertiary/aromatic N) is 1. The van der Waals surface area contributed by atoms with Crippen molar-refractivity contribution in [2.45, 2.75) is 53.1 Å². The number of benzene rings is 1. The number of hydrogen-bond donors (Lipinski definition) is 4. The summed E-state index contributed by atoms with van der Waals surface area (Å²) in [7, 11) is 0. The third kappa shape index (κ3) is 11.1. The first kappa shape index (κ1) is 22.8. The summed E-state index contributed by atoms with van der Waals surface area (Å²) in [5, 5.41) is 12.2. The van der Waals surface area contributed by atoms with Gasteiger partial charge in [-0.15, -0.1) is 0 Å². The predicted octanol–water partition coefficient (Wildman–Crippen LogP) is 3.09. The molecule has 1 aromatic carbocycles. The molecule has 152 valence electrons. The summed E-state index contributed by atoms with van der Waals surface area (Å²) in [4.78, 5) is 16.3. The summed E-state index contributed by atoms with van der Waals surface area (Å²) in [5.74, 6) is 0.812. The lowest BCUT2D eigenvalue weighted by Gasteiger charge is -2.12. The van der Waals surface area contributed by atoms with Gasteiger partial charge in [0.1, 0.15) is 0 Å². The molecule has 0 saturated carbocycles. The lowest BCUT2D eigenvalue weighted by atomic mass is 10.2. The van der Waals surface area contributed by atoms with Crippen molar-refractivity contribution in [3.63, 3.8) is 0 Å². The first-order valence-electron chi connectivity index (χ1n) is 9.81. The van der Waals surface area contributed by atoms with E-state index in [4.69, 9.17) is 4.74 Å². The quantitative estimate of drug-likeness (QED) is 0.271. The Morgan fingerprint density at radius 1 is 1.11 bits per heavy atom. The number of carbonyl (C=O) groups excluding carboxylic acids is 1. The second kappa shape index (κ2) is 13.9. The number of nitrogens with one attached hydrogen (secondary N) is 4. The molecule has 0 bridgehead atoms. The molecule has 1 rings (SSSR count). The monoisotopic (exact) mass is 377 g/mol. The van der Waals surface area contributed by atoms with Crippen LogP contribution >= 0.6 is 0 Å². The maximum atomic E-state index is 11.7. The van der Waals surface area contributed by atoms with Gasteiger partial charge in [-0.25, -0.2) is 9.79 Å². The molecule has 0 aliphatic carbocycles. The zero-order valence-electron chi connectivity index (χ0n) is 17.1. The summed E-state index contributed by atoms with van der Waals surface area (Å²) in [6, 6.07) is 7.63. The lowest BCUT2D eigenvalue weighted by Crippen LogP contribution is -2.37. The van der Waals surface area contributed by atoms with Gasteiger partial charge >= 0.3 is 6.03 Å². The van der Waals surface area contributed by atoms with E-state index >= 15 is 0 Å². The molecule has 0 atom stereocenters. The summed E-state index contributed by atoms with van der Waals surface area (Å²) in [6.07, 6.45) is 2.09. The van der Waals surface area contributed by atoms with Crippen LogP contribution < -0.4 is 21.3 Å². The van der Waals surface area contributed by atoms with Gasteiger partial charge in [0.25, 0.3) is 0 Å². The molecule has 1 aromatic rings. The standard InChI is InChI=1S/C20H35N5O2/c1-5-21-19(22-13-7-8-14-27-6-2)23-15-17-9-11-18(12-10-17)25-20(26)24-16(3)4/h9-12,16H,5-8,13-15H2,1-4H3,(H2,21,22,23)(H2,24,25,26). The lowest BCUT2D eigenvalue weighted by molar-refractivity contribution is 0.143. The average Bonchev–Trinajstić information content (AvgIpc) is 2.63. The Morgan fingerprint density at radius 2 is 1.85 bits per heavy atom. The third-order valence-corrected chi connectivity index (χ3v) is 3.61. The molecule has 4 N–H and O–H groups in total. The van der Waals surface area contributed by atoms with Crippen molar-refractivity contribution < 1.29 is 9.53 Å². The molecule has 2 amide bonds. The fraction of sp³-hybridized carbons (Fsp3) is 0.600. The molecule has 0 aromatic heterocycles. The van der Waals surface area contributed by atoms with Crippen molar-refractivity contribution in [1.29, 1.82) is 0 Å². The first-order chi connectivity index (χ1) is 13.0. The van der Waals surface area contributed by atoms with Gasteiger partial charge in [-0.2, -0.15) is 0 Å². The highest BCUT2D eigenvalue weighted by molar-refractivity contribution is 5.89. The number of urea groups is 1. The Morgan fingerprint density at radius 3 is 2.48 bits per heavy atom. The molecule has 0 radical (unpaired) electrons. The van der Waals surface area contributed by atoms with Crippen molar-refractivity contribution >= 4 is 17.7 Å². The first-order valence-corrected chi connectivity index (χ1v) is 9.81. The minimum Gasteiger partial charge on any atom is -0.382 e. The fourth-order valence-electron chi connectivity index (χ4n) is 2.32. The van der Waals surface area contributed by atoms with E-state index in [9.17, 15) is 4.79 Å². The number of ether oxygens (including phenoxy) is 1. The number of hydrogen-bond acceptors (Lipinski definition) is 3. The molecular weight excluding hydrogens is 342 g/mol. The van der Waals surface area contributed by atoms with E-state index < -0.39 is 0 Å². The van der Waals surface area contributed by atoms with Gasteiger partial charge in [-0.1, -0.05) is 12.1 Å². The minimum absolute atomic E-state index is 0.106. The van der Waals surface area contributed by atoms with Gasteiger partial charge in [-0.05, 0) is 58.2 Å². The van der Waals surface area contributed by atoms with E-state index in [2.05, 4.69) is 33.2 Å². The van der Waals surface area contributed by atoms with Gasteiger partial charge in [0, 0.05) is 38.0 Å². The van der Waals surface area contributed by atoms with Crippen LogP contribution in [0.2, 0.25) is 0 Å². The highest BCUT2D eigenvalue weighted by atomic mass is 16.5. The molecule has 7 heteroatoms. The van der Waals surface area contributed by atoms with Gasteiger partial charge in [0.2, 0.25) is 0 Å². The van der Waals surface area contributed by atoms with E-state index in [1.807, 2.05) is 45.0 Å². The van der Waals surface area contributed by atoms with E-state index in [1.54, 1.807) is 0 Å². The van der Waals surface area contributed by atoms with Crippen molar-refractivity contribution in [1.82, 2.24) is 16.0 Å². The number of amides is 2. The van der Waals surface area contributed by atoms with Gasteiger partial charge in [-0.3, -0.25) is 0 Å². The number of anilines is 1. The van der Waals surface area contributed by atoms with Crippen LogP contribution in [0.25, 0.3) is 0 Å². The highest BCUT2D eigenvalue weighted by Crippen LogP contribution is 2.10. The SMILES string of the molecule is CCNC(=NCc1ccc(NC(=O)NC(C)C)cc1)NCCCCOCC. The normalized spacial score (nSPS) is 11.4. The van der Waals surface area contributed by atoms with Crippen LogP contribution in [0.1, 0.15) is 46.1 Å². The molecule has 0 unspecified atom stereocenters. The van der Waals surface area contributed by atoms with E-state index in [0.717, 1.165) is 56.4 Å². The molecule has 0 saturated heterocycles. The van der Waals surface area contributed by atoms with Crippen LogP contribution in [0.3, 0.4) is 0 Å². The van der Waals surface area contributed by atoms with E-state index in [-0.39, 0.29) is 12.1 Å². The minimum atomic E-state index is -0.196. The Bertz CT molecular complexity index is 558. The second-order valence-electron chi connectivity index (χ2n) is 6.48. The van der Waals surface area contributed by atoms with Crippen LogP contribution in [-0.4, -0.2) is 44.3 Å². The molecular formula is C20H35N5O2. The molecule has 0 heterocycles. The third-order valence-electron chi connectivity index (χ3n) is 3.61. The number of guanidine groups is 1. The van der Waals surface area contributed by atoms with Gasteiger partial charge < -0.3 is 26.0 Å². The van der Waals surface area contributed by atoms with Crippen LogP contribution in [0.15, 0.2) is 29.3 Å². The number of rotatable bonds is 11. The second-order valence-corrected chi connectivity index (χ2v) is 6.48. The van der Waals surface area contributed by atoms with Crippen LogP contribution in [-0.2, 0) is 11.3 Å². The van der Waals surface area contributed by atoms with E-state index in [1.165, 1.54) is 0 Å². The Labute approximate surface area is 163 Å². The zero-order valence-corrected chi connectivity index (χ0v) is 17.1. The largest absolute Gasteiger partial charge is 0.382 e. The zero-order chi connectivity index (χ0) is 19.9. The van der Waals surface area contributed by atoms with Gasteiger partial charge in [0.15, 0.2) is 5.96 Å². The number of carbonyl (C=O) groups is 1. The fourth-order valence-corrected chi connectivity index (χ4v) is 2.32. The topological polar surface area (TPSA) is 86.8 Å². The molecule has 7 nitrogen and oxygen atoms in total. The van der Waals surface area contributed by atoms with Gasteiger partial charge in [0.05, 0.1) is 6.54 Å². The molecule has 0 fully saturated rings. The highest BCUT2D eigenvalue weighted by Gasteiger charge is 2.03. The summed E-state index contributed by atoms with van der Waals surface area (Å²) >= 11 is 0. The summed E-state index contributed by atoms with van der Waals surface area (Å²) < 4.78 is 5.34. The average molecular weight is 378 g/mol. The van der Waals surface area contributed by atoms with Crippen molar-refractivity contribution in [2.75, 3.05) is 31.6 Å². The predicted molar refractivity (Wildman–Crippen MR) is 112 cm³/mol. The van der Waals surface area contributed by atoms with Crippen molar-refractivity contribution in [2.24, 2.45) is 4.99 Å². The molecule has 0 spiro atoms. The Balaban J connectivity index is 2.45. The number of unbranched alkanes of at least 4 members (excludes halogenated alkanes) is 1. The molecule has 27 heavy (non-hydrogen) atoms. The van der Waals surface area contributed by atoms with Crippen LogP contribution in [0.4, 0.5) is 10.5 Å². The molecule has 0 aliphatic heterocycles. The van der Waals surface area contributed by atoms with E-state index in [0.29, 0.717) is 6.54 Å². The Hall–Kier alpha value is -2.28. The smallest absolute Gasteiger partial charge is 0.319 e. The summed E-state index contributed by atoms with van der Waals surface area (Å²) in [6.45, 7) is 11.8. The maximum absolute atomic E-state index is 11.7. The van der Waals surface area contributed by atoms with Crippen molar-refractivity contribution in [3.05, 3.63) is 29.8 Å². The van der Waals surface area contributed by atoms with Crippen molar-refractivity contribution in [3.8, 4) is 0 Å². The molecule has 0 aliphatic rings. The number of aliphatic imine (C=N–C) groups is 1.